The van der Waals surface area contributed by atoms with Gasteiger partial charge in [0.15, 0.2) is 0 Å². The van der Waals surface area contributed by atoms with Crippen LogP contribution < -0.4 is 0 Å². The van der Waals surface area contributed by atoms with Gasteiger partial charge >= 0.3 is 0 Å². The van der Waals surface area contributed by atoms with Gasteiger partial charge in [0.25, 0.3) is 0 Å². The lowest BCUT2D eigenvalue weighted by molar-refractivity contribution is 0.627. The van der Waals surface area contributed by atoms with Crippen molar-refractivity contribution in [1.82, 2.24) is 0 Å². The molecule has 0 saturated carbocycles. The van der Waals surface area contributed by atoms with E-state index < -0.39 is 0 Å². The molecule has 0 spiro atoms. The van der Waals surface area contributed by atoms with Crippen LogP contribution in [-0.4, -0.2) is 0 Å². The van der Waals surface area contributed by atoms with Gasteiger partial charge < -0.3 is 0 Å². The first kappa shape index (κ1) is 10.4. The summed E-state index contributed by atoms with van der Waals surface area (Å²) in [7, 11) is 0. The molecule has 0 unspecified atom stereocenters. The molecule has 16 heavy (non-hydrogen) atoms. The predicted octanol–water partition coefficient (Wildman–Crippen LogP) is 3.36. The van der Waals surface area contributed by atoms with E-state index in [1.165, 1.54) is 24.3 Å². The topological polar surface area (TPSA) is 0 Å². The van der Waals surface area contributed by atoms with Gasteiger partial charge in [-0.1, -0.05) is 11.8 Å². The maximum absolute atomic E-state index is 12.6. The predicted molar refractivity (Wildman–Crippen MR) is 58.8 cm³/mol. The van der Waals surface area contributed by atoms with Crippen molar-refractivity contribution in [2.24, 2.45) is 0 Å². The third kappa shape index (κ3) is 2.68. The summed E-state index contributed by atoms with van der Waals surface area (Å²) in [5, 5.41) is 0. The van der Waals surface area contributed by atoms with Crippen LogP contribution in [0.2, 0.25) is 0 Å². The SMILES string of the molecule is Fc1ccc(C#Cc2ccc(F)cc2)cc1. The molecule has 78 valence electrons. The van der Waals surface area contributed by atoms with Crippen molar-refractivity contribution in [2.75, 3.05) is 0 Å². The molecular formula is C14H8F2. The lowest BCUT2D eigenvalue weighted by Crippen LogP contribution is -1.78. The maximum Gasteiger partial charge on any atom is 0.123 e. The highest BCUT2D eigenvalue weighted by molar-refractivity contribution is 5.42. The third-order valence-corrected chi connectivity index (χ3v) is 2.04. The Hall–Kier alpha value is -2.14. The number of rotatable bonds is 0. The van der Waals surface area contributed by atoms with Crippen LogP contribution in [0.25, 0.3) is 0 Å². The Labute approximate surface area is 92.5 Å². The van der Waals surface area contributed by atoms with Gasteiger partial charge in [-0.25, -0.2) is 8.78 Å². The van der Waals surface area contributed by atoms with E-state index in [1.807, 2.05) is 0 Å². The normalized spacial score (nSPS) is 9.38. The molecule has 0 saturated heterocycles. The Morgan fingerprint density at radius 3 is 1.19 bits per heavy atom. The zero-order valence-corrected chi connectivity index (χ0v) is 8.37. The van der Waals surface area contributed by atoms with Gasteiger partial charge in [0, 0.05) is 11.1 Å². The van der Waals surface area contributed by atoms with Gasteiger partial charge in [0.05, 0.1) is 0 Å². The largest absolute Gasteiger partial charge is 0.207 e. The average molecular weight is 214 g/mol. The fraction of sp³-hybridized carbons (Fsp3) is 0. The molecule has 2 aromatic carbocycles. The minimum absolute atomic E-state index is 0.285. The number of halogens is 2. The van der Waals surface area contributed by atoms with Crippen molar-refractivity contribution in [3.05, 3.63) is 71.3 Å². The van der Waals surface area contributed by atoms with Gasteiger partial charge in [-0.3, -0.25) is 0 Å². The van der Waals surface area contributed by atoms with Crippen LogP contribution in [-0.2, 0) is 0 Å². The second kappa shape index (κ2) is 4.59. The summed E-state index contributed by atoms with van der Waals surface area (Å²) in [6.45, 7) is 0. The molecule has 0 N–H and O–H groups in total. The van der Waals surface area contributed by atoms with Crippen LogP contribution in [0.3, 0.4) is 0 Å². The Morgan fingerprint density at radius 1 is 0.562 bits per heavy atom. The monoisotopic (exact) mass is 214 g/mol. The van der Waals surface area contributed by atoms with Crippen molar-refractivity contribution >= 4 is 0 Å². The Balaban J connectivity index is 2.21. The summed E-state index contributed by atoms with van der Waals surface area (Å²) in [4.78, 5) is 0. The van der Waals surface area contributed by atoms with E-state index in [2.05, 4.69) is 11.8 Å². The van der Waals surface area contributed by atoms with E-state index in [-0.39, 0.29) is 11.6 Å². The van der Waals surface area contributed by atoms with Crippen LogP contribution in [0.1, 0.15) is 11.1 Å². The third-order valence-electron chi connectivity index (χ3n) is 2.04. The molecule has 0 fully saturated rings. The summed E-state index contributed by atoms with van der Waals surface area (Å²) in [5.74, 6) is 5.17. The van der Waals surface area contributed by atoms with E-state index in [9.17, 15) is 8.78 Å². The van der Waals surface area contributed by atoms with Gasteiger partial charge in [0.2, 0.25) is 0 Å². The smallest absolute Gasteiger partial charge is 0.123 e. The lowest BCUT2D eigenvalue weighted by atomic mass is 10.2. The molecule has 0 aromatic heterocycles. The second-order valence-corrected chi connectivity index (χ2v) is 3.26. The summed E-state index contributed by atoms with van der Waals surface area (Å²) in [6.07, 6.45) is 0. The fourth-order valence-corrected chi connectivity index (χ4v) is 1.21. The molecule has 0 radical (unpaired) electrons. The summed E-state index contributed by atoms with van der Waals surface area (Å²) in [6, 6.07) is 11.8. The Morgan fingerprint density at radius 2 is 0.875 bits per heavy atom. The van der Waals surface area contributed by atoms with Crippen molar-refractivity contribution in [3.63, 3.8) is 0 Å². The molecule has 2 aromatic rings. The highest BCUT2D eigenvalue weighted by atomic mass is 19.1. The molecular weight excluding hydrogens is 206 g/mol. The summed E-state index contributed by atoms with van der Waals surface area (Å²) >= 11 is 0. The first-order chi connectivity index (χ1) is 7.74. The molecule has 0 atom stereocenters. The first-order valence-corrected chi connectivity index (χ1v) is 4.77. The lowest BCUT2D eigenvalue weighted by Gasteiger charge is -1.91. The molecule has 0 aliphatic carbocycles. The van der Waals surface area contributed by atoms with Crippen LogP contribution in [0.15, 0.2) is 48.5 Å². The van der Waals surface area contributed by atoms with Crippen molar-refractivity contribution < 1.29 is 8.78 Å². The molecule has 2 heteroatoms. The molecule has 2 rings (SSSR count). The first-order valence-electron chi connectivity index (χ1n) is 4.77. The zero-order chi connectivity index (χ0) is 11.4. The van der Waals surface area contributed by atoms with Crippen molar-refractivity contribution in [1.29, 1.82) is 0 Å². The highest BCUT2D eigenvalue weighted by Gasteiger charge is 1.90. The average Bonchev–Trinajstić information content (AvgIpc) is 2.30. The van der Waals surface area contributed by atoms with Crippen LogP contribution in [0.4, 0.5) is 8.78 Å². The van der Waals surface area contributed by atoms with E-state index >= 15 is 0 Å². The maximum atomic E-state index is 12.6. The Bertz CT molecular complexity index is 478. The van der Waals surface area contributed by atoms with Crippen LogP contribution >= 0.6 is 0 Å². The number of hydrogen-bond donors (Lipinski definition) is 0. The molecule has 0 amide bonds. The van der Waals surface area contributed by atoms with E-state index in [4.69, 9.17) is 0 Å². The molecule has 0 nitrogen and oxygen atoms in total. The number of benzene rings is 2. The molecule has 0 aliphatic heterocycles. The summed E-state index contributed by atoms with van der Waals surface area (Å²) < 4.78 is 25.2. The van der Waals surface area contributed by atoms with Gasteiger partial charge in [0.1, 0.15) is 11.6 Å². The van der Waals surface area contributed by atoms with E-state index in [1.54, 1.807) is 24.3 Å². The second-order valence-electron chi connectivity index (χ2n) is 3.26. The van der Waals surface area contributed by atoms with Crippen molar-refractivity contribution in [3.8, 4) is 11.8 Å². The van der Waals surface area contributed by atoms with Gasteiger partial charge in [-0.05, 0) is 48.5 Å². The van der Waals surface area contributed by atoms with Crippen LogP contribution in [0, 0.1) is 23.5 Å². The minimum atomic E-state index is -0.285. The summed E-state index contributed by atoms with van der Waals surface area (Å²) in [5.41, 5.74) is 1.46. The van der Waals surface area contributed by atoms with E-state index in [0.717, 1.165) is 11.1 Å². The number of hydrogen-bond acceptors (Lipinski definition) is 0. The molecule has 0 aliphatic rings. The van der Waals surface area contributed by atoms with Gasteiger partial charge in [-0.15, -0.1) is 0 Å². The van der Waals surface area contributed by atoms with E-state index in [0.29, 0.717) is 0 Å². The fourth-order valence-electron chi connectivity index (χ4n) is 1.21. The highest BCUT2D eigenvalue weighted by Crippen LogP contribution is 2.03. The van der Waals surface area contributed by atoms with Crippen LogP contribution in [0.5, 0.6) is 0 Å². The Kier molecular flexibility index (Phi) is 2.98. The van der Waals surface area contributed by atoms with Crippen molar-refractivity contribution in [2.45, 2.75) is 0 Å². The standard InChI is InChI=1S/C14H8F2/c15-13-7-3-11(4-8-13)1-2-12-5-9-14(16)10-6-12/h3-10H. The quantitative estimate of drug-likeness (QED) is 0.590. The van der Waals surface area contributed by atoms with Gasteiger partial charge in [-0.2, -0.15) is 0 Å². The minimum Gasteiger partial charge on any atom is -0.207 e. The molecule has 0 bridgehead atoms. The molecule has 0 heterocycles. The zero-order valence-electron chi connectivity index (χ0n) is 8.37.